The SMILES string of the molecule is O=C(O)c1cnc(NC2CC2)nc1C(F)(F)F. The van der Waals surface area contributed by atoms with Crippen molar-refractivity contribution >= 4 is 11.9 Å². The fraction of sp³-hybridized carbons (Fsp3) is 0.444. The first-order valence-corrected chi connectivity index (χ1v) is 4.82. The Morgan fingerprint density at radius 2 is 2.12 bits per heavy atom. The van der Waals surface area contributed by atoms with Crippen LogP contribution in [0.4, 0.5) is 19.1 Å². The maximum atomic E-state index is 12.6. The standard InChI is InChI=1S/C9H8F3N3O2/c10-9(11,12)6-5(7(16)17)3-13-8(15-6)14-4-1-2-4/h3-4H,1-2H2,(H,16,17)(H,13,14,15). The molecular formula is C9H8F3N3O2. The Labute approximate surface area is 93.7 Å². The minimum Gasteiger partial charge on any atom is -0.478 e. The number of halogens is 3. The average Bonchev–Trinajstić information content (AvgIpc) is 3.00. The molecule has 0 atom stereocenters. The van der Waals surface area contributed by atoms with Gasteiger partial charge in [-0.05, 0) is 12.8 Å². The van der Waals surface area contributed by atoms with Gasteiger partial charge in [-0.25, -0.2) is 14.8 Å². The van der Waals surface area contributed by atoms with E-state index in [-0.39, 0.29) is 12.0 Å². The van der Waals surface area contributed by atoms with Crippen molar-refractivity contribution in [1.82, 2.24) is 9.97 Å². The van der Waals surface area contributed by atoms with E-state index in [2.05, 4.69) is 15.3 Å². The average molecular weight is 247 g/mol. The zero-order valence-corrected chi connectivity index (χ0v) is 8.45. The van der Waals surface area contributed by atoms with Gasteiger partial charge in [0, 0.05) is 12.2 Å². The van der Waals surface area contributed by atoms with Gasteiger partial charge in [-0.3, -0.25) is 0 Å². The molecular weight excluding hydrogens is 239 g/mol. The van der Waals surface area contributed by atoms with Crippen LogP contribution in [-0.4, -0.2) is 27.1 Å². The van der Waals surface area contributed by atoms with Gasteiger partial charge in [-0.15, -0.1) is 0 Å². The number of aromatic nitrogens is 2. The van der Waals surface area contributed by atoms with Gasteiger partial charge in [-0.2, -0.15) is 13.2 Å². The highest BCUT2D eigenvalue weighted by atomic mass is 19.4. The van der Waals surface area contributed by atoms with Crippen LogP contribution in [0.2, 0.25) is 0 Å². The Balaban J connectivity index is 2.38. The zero-order valence-electron chi connectivity index (χ0n) is 8.45. The first-order chi connectivity index (χ1) is 7.88. The Morgan fingerprint density at radius 1 is 1.47 bits per heavy atom. The summed E-state index contributed by atoms with van der Waals surface area (Å²) in [6, 6.07) is 0.0896. The summed E-state index contributed by atoms with van der Waals surface area (Å²) in [7, 11) is 0. The van der Waals surface area contributed by atoms with Crippen molar-refractivity contribution in [3.63, 3.8) is 0 Å². The number of hydrogen-bond acceptors (Lipinski definition) is 4. The van der Waals surface area contributed by atoms with Crippen LogP contribution in [0.25, 0.3) is 0 Å². The molecule has 92 valence electrons. The highest BCUT2D eigenvalue weighted by Crippen LogP contribution is 2.31. The van der Waals surface area contributed by atoms with Crippen LogP contribution in [0.5, 0.6) is 0 Å². The molecule has 1 aromatic heterocycles. The molecule has 1 aliphatic carbocycles. The molecule has 0 aliphatic heterocycles. The van der Waals surface area contributed by atoms with Gasteiger partial charge in [0.1, 0.15) is 5.56 Å². The smallest absolute Gasteiger partial charge is 0.434 e. The molecule has 0 spiro atoms. The number of rotatable bonds is 3. The topological polar surface area (TPSA) is 75.1 Å². The van der Waals surface area contributed by atoms with Crippen molar-refractivity contribution in [1.29, 1.82) is 0 Å². The lowest BCUT2D eigenvalue weighted by molar-refractivity contribution is -0.141. The van der Waals surface area contributed by atoms with Crippen LogP contribution in [0, 0.1) is 0 Å². The molecule has 17 heavy (non-hydrogen) atoms. The second kappa shape index (κ2) is 3.86. The van der Waals surface area contributed by atoms with E-state index in [1.54, 1.807) is 0 Å². The van der Waals surface area contributed by atoms with Crippen molar-refractivity contribution in [2.45, 2.75) is 25.1 Å². The number of nitrogens with zero attached hydrogens (tertiary/aromatic N) is 2. The lowest BCUT2D eigenvalue weighted by Crippen LogP contribution is -2.18. The van der Waals surface area contributed by atoms with Crippen LogP contribution in [-0.2, 0) is 6.18 Å². The molecule has 5 nitrogen and oxygen atoms in total. The Kier molecular flexibility index (Phi) is 2.64. The predicted molar refractivity (Wildman–Crippen MR) is 50.6 cm³/mol. The molecule has 1 fully saturated rings. The van der Waals surface area contributed by atoms with Crippen LogP contribution in [0.1, 0.15) is 28.9 Å². The Bertz CT molecular complexity index is 457. The van der Waals surface area contributed by atoms with Crippen LogP contribution in [0.3, 0.4) is 0 Å². The monoisotopic (exact) mass is 247 g/mol. The first kappa shape index (κ1) is 11.6. The van der Waals surface area contributed by atoms with E-state index < -0.39 is 23.4 Å². The lowest BCUT2D eigenvalue weighted by atomic mass is 10.2. The minimum atomic E-state index is -4.81. The number of carboxylic acids is 1. The van der Waals surface area contributed by atoms with Crippen molar-refractivity contribution in [3.05, 3.63) is 17.5 Å². The molecule has 1 heterocycles. The molecule has 0 radical (unpaired) electrons. The summed E-state index contributed by atoms with van der Waals surface area (Å²) < 4.78 is 37.7. The molecule has 0 bridgehead atoms. The molecule has 8 heteroatoms. The number of anilines is 1. The molecule has 1 aliphatic rings. The van der Waals surface area contributed by atoms with E-state index in [0.717, 1.165) is 12.8 Å². The largest absolute Gasteiger partial charge is 0.478 e. The molecule has 0 unspecified atom stereocenters. The van der Waals surface area contributed by atoms with E-state index in [1.165, 1.54) is 0 Å². The Hall–Kier alpha value is -1.86. The van der Waals surface area contributed by atoms with Gasteiger partial charge >= 0.3 is 12.1 Å². The molecule has 2 N–H and O–H groups in total. The number of aromatic carboxylic acids is 1. The van der Waals surface area contributed by atoms with E-state index in [9.17, 15) is 18.0 Å². The van der Waals surface area contributed by atoms with Gasteiger partial charge < -0.3 is 10.4 Å². The summed E-state index contributed by atoms with van der Waals surface area (Å²) in [4.78, 5) is 17.4. The van der Waals surface area contributed by atoms with Crippen molar-refractivity contribution in [2.24, 2.45) is 0 Å². The second-order valence-corrected chi connectivity index (χ2v) is 3.68. The number of alkyl halides is 3. The highest BCUT2D eigenvalue weighted by Gasteiger charge is 2.38. The minimum absolute atomic E-state index is 0.0896. The molecule has 1 aromatic rings. The van der Waals surface area contributed by atoms with Crippen molar-refractivity contribution in [3.8, 4) is 0 Å². The second-order valence-electron chi connectivity index (χ2n) is 3.68. The van der Waals surface area contributed by atoms with Gasteiger partial charge in [0.15, 0.2) is 5.69 Å². The molecule has 0 amide bonds. The summed E-state index contributed by atoms with van der Waals surface area (Å²) in [6.45, 7) is 0. The van der Waals surface area contributed by atoms with Crippen LogP contribution < -0.4 is 5.32 Å². The number of nitrogens with one attached hydrogen (secondary N) is 1. The third-order valence-electron chi connectivity index (χ3n) is 2.20. The highest BCUT2D eigenvalue weighted by molar-refractivity contribution is 5.88. The van der Waals surface area contributed by atoms with Gasteiger partial charge in [0.2, 0.25) is 5.95 Å². The van der Waals surface area contributed by atoms with Gasteiger partial charge in [-0.1, -0.05) is 0 Å². The summed E-state index contributed by atoms with van der Waals surface area (Å²) >= 11 is 0. The summed E-state index contributed by atoms with van der Waals surface area (Å²) in [5, 5.41) is 11.3. The molecule has 2 rings (SSSR count). The van der Waals surface area contributed by atoms with E-state index in [4.69, 9.17) is 5.11 Å². The summed E-state index contributed by atoms with van der Waals surface area (Å²) in [5.41, 5.74) is -2.37. The normalized spacial score (nSPS) is 15.7. The Morgan fingerprint density at radius 3 is 2.59 bits per heavy atom. The summed E-state index contributed by atoms with van der Waals surface area (Å²) in [6.07, 6.45) is -2.43. The quantitative estimate of drug-likeness (QED) is 0.851. The van der Waals surface area contributed by atoms with Crippen LogP contribution >= 0.6 is 0 Å². The van der Waals surface area contributed by atoms with E-state index in [1.807, 2.05) is 0 Å². The maximum Gasteiger partial charge on any atom is 0.434 e. The van der Waals surface area contributed by atoms with Crippen molar-refractivity contribution < 1.29 is 23.1 Å². The first-order valence-electron chi connectivity index (χ1n) is 4.82. The fourth-order valence-electron chi connectivity index (χ4n) is 1.23. The predicted octanol–water partition coefficient (Wildman–Crippen LogP) is 1.77. The molecule has 0 aromatic carbocycles. The van der Waals surface area contributed by atoms with E-state index in [0.29, 0.717) is 6.20 Å². The number of hydrogen-bond donors (Lipinski definition) is 2. The third-order valence-corrected chi connectivity index (χ3v) is 2.20. The zero-order chi connectivity index (χ0) is 12.6. The van der Waals surface area contributed by atoms with Gasteiger partial charge in [0.05, 0.1) is 0 Å². The van der Waals surface area contributed by atoms with Crippen LogP contribution in [0.15, 0.2) is 6.20 Å². The van der Waals surface area contributed by atoms with Gasteiger partial charge in [0.25, 0.3) is 0 Å². The number of carboxylic acid groups (broad SMARTS) is 1. The number of carbonyl (C=O) groups is 1. The van der Waals surface area contributed by atoms with Crippen molar-refractivity contribution in [2.75, 3.05) is 5.32 Å². The summed E-state index contributed by atoms with van der Waals surface area (Å²) in [5.74, 6) is -1.89. The molecule has 0 saturated heterocycles. The maximum absolute atomic E-state index is 12.6. The lowest BCUT2D eigenvalue weighted by Gasteiger charge is -2.10. The third kappa shape index (κ3) is 2.63. The fourth-order valence-corrected chi connectivity index (χ4v) is 1.23. The van der Waals surface area contributed by atoms with E-state index >= 15 is 0 Å². The molecule has 1 saturated carbocycles.